The molecule has 0 bridgehead atoms. The number of ether oxygens (including phenoxy) is 3. The second-order valence-corrected chi connectivity index (χ2v) is 6.99. The highest BCUT2D eigenvalue weighted by Gasteiger charge is 2.31. The summed E-state index contributed by atoms with van der Waals surface area (Å²) in [6.45, 7) is 0. The van der Waals surface area contributed by atoms with Crippen molar-refractivity contribution in [3.8, 4) is 17.2 Å². The van der Waals surface area contributed by atoms with Crippen molar-refractivity contribution in [2.45, 2.75) is 0 Å². The predicted molar refractivity (Wildman–Crippen MR) is 104 cm³/mol. The Morgan fingerprint density at radius 2 is 1.92 bits per heavy atom. The molecule has 0 aliphatic carbocycles. The zero-order valence-electron chi connectivity index (χ0n) is 14.7. The van der Waals surface area contributed by atoms with Crippen LogP contribution in [0.15, 0.2) is 33.6 Å². The lowest BCUT2D eigenvalue weighted by Gasteiger charge is -2.14. The lowest BCUT2D eigenvalue weighted by Crippen LogP contribution is -2.23. The van der Waals surface area contributed by atoms with E-state index >= 15 is 0 Å². The maximum Gasteiger partial charge on any atom is 0.266 e. The minimum Gasteiger partial charge on any atom is -0.493 e. The Kier molecular flexibility index (Phi) is 5.48. The quantitative estimate of drug-likeness (QED) is 0.728. The Balaban J connectivity index is 1.99. The molecule has 2 aromatic rings. The van der Waals surface area contributed by atoms with Gasteiger partial charge in [-0.3, -0.25) is 9.69 Å². The van der Waals surface area contributed by atoms with E-state index in [1.165, 1.54) is 28.0 Å². The number of carbonyl (C=O) groups is 1. The van der Waals surface area contributed by atoms with E-state index in [2.05, 4.69) is 9.98 Å². The Morgan fingerprint density at radius 3 is 2.54 bits per heavy atom. The average Bonchev–Trinajstić information content (AvgIpc) is 3.26. The topological polar surface area (TPSA) is 73.3 Å². The Labute approximate surface area is 159 Å². The predicted octanol–water partition coefficient (Wildman–Crippen LogP) is 3.40. The third kappa shape index (κ3) is 3.40. The number of thioether (sulfide) groups is 1. The largest absolute Gasteiger partial charge is 0.493 e. The van der Waals surface area contributed by atoms with Gasteiger partial charge < -0.3 is 14.2 Å². The molecule has 0 N–H and O–H groups in total. The molecule has 3 rings (SSSR count). The van der Waals surface area contributed by atoms with Crippen molar-refractivity contribution in [1.29, 1.82) is 0 Å². The van der Waals surface area contributed by atoms with E-state index in [4.69, 9.17) is 14.2 Å². The van der Waals surface area contributed by atoms with Crippen LogP contribution in [0.1, 0.15) is 5.56 Å². The number of nitrogens with zero attached hydrogens (tertiary/aromatic N) is 3. The molecule has 0 saturated carbocycles. The lowest BCUT2D eigenvalue weighted by molar-refractivity contribution is -0.121. The summed E-state index contributed by atoms with van der Waals surface area (Å²) in [5.74, 6) is 1.40. The van der Waals surface area contributed by atoms with E-state index in [-0.39, 0.29) is 5.91 Å². The van der Waals surface area contributed by atoms with E-state index in [9.17, 15) is 4.79 Å². The van der Waals surface area contributed by atoms with Gasteiger partial charge in [-0.2, -0.15) is 4.99 Å². The molecule has 2 heterocycles. The number of carbonyl (C=O) groups excluding carboxylic acids is 1. The highest BCUT2D eigenvalue weighted by molar-refractivity contribution is 8.18. The second kappa shape index (κ2) is 7.79. The summed E-state index contributed by atoms with van der Waals surface area (Å²) in [6.07, 6.45) is 3.44. The van der Waals surface area contributed by atoms with E-state index in [1.807, 2.05) is 11.4 Å². The van der Waals surface area contributed by atoms with Crippen molar-refractivity contribution in [3.05, 3.63) is 34.2 Å². The number of methoxy groups -OCH3 is 3. The Bertz CT molecular complexity index is 878. The molecule has 1 aromatic heterocycles. The van der Waals surface area contributed by atoms with Crippen molar-refractivity contribution < 1.29 is 19.0 Å². The lowest BCUT2D eigenvalue weighted by atomic mass is 10.1. The minimum absolute atomic E-state index is 0.137. The van der Waals surface area contributed by atoms with Crippen LogP contribution in [-0.2, 0) is 4.79 Å². The number of thiazole rings is 1. The summed E-state index contributed by atoms with van der Waals surface area (Å²) >= 11 is 2.70. The average molecular weight is 391 g/mol. The molecule has 0 spiro atoms. The van der Waals surface area contributed by atoms with Gasteiger partial charge in [0.2, 0.25) is 10.9 Å². The molecule has 1 saturated heterocycles. The van der Waals surface area contributed by atoms with Crippen LogP contribution >= 0.6 is 23.1 Å². The molecule has 1 amide bonds. The third-order valence-corrected chi connectivity index (χ3v) is 5.36. The van der Waals surface area contributed by atoms with Gasteiger partial charge in [-0.25, -0.2) is 4.98 Å². The smallest absolute Gasteiger partial charge is 0.266 e. The molecule has 7 nitrogen and oxygen atoms in total. The molecular formula is C17H17N3O4S2. The van der Waals surface area contributed by atoms with Crippen molar-refractivity contribution in [1.82, 2.24) is 9.88 Å². The zero-order valence-corrected chi connectivity index (χ0v) is 16.3. The number of likely N-dealkylation sites (N-methyl/N-ethyl adjacent to an activating group) is 1. The van der Waals surface area contributed by atoms with Crippen molar-refractivity contribution in [2.24, 2.45) is 4.99 Å². The van der Waals surface area contributed by atoms with Crippen LogP contribution < -0.4 is 14.2 Å². The first-order valence-corrected chi connectivity index (χ1v) is 9.23. The molecule has 1 aliphatic rings. The molecule has 1 aliphatic heterocycles. The van der Waals surface area contributed by atoms with Gasteiger partial charge in [0, 0.05) is 24.2 Å². The first-order chi connectivity index (χ1) is 12.6. The minimum atomic E-state index is -0.137. The summed E-state index contributed by atoms with van der Waals surface area (Å²) < 4.78 is 16.1. The van der Waals surface area contributed by atoms with Crippen LogP contribution in [0.2, 0.25) is 0 Å². The fraction of sp³-hybridized carbons (Fsp3) is 0.235. The van der Waals surface area contributed by atoms with Crippen LogP contribution in [0, 0.1) is 0 Å². The first-order valence-electron chi connectivity index (χ1n) is 7.53. The summed E-state index contributed by atoms with van der Waals surface area (Å²) in [4.78, 5) is 23.2. The van der Waals surface area contributed by atoms with Gasteiger partial charge in [-0.1, -0.05) is 0 Å². The van der Waals surface area contributed by atoms with E-state index in [0.717, 1.165) is 0 Å². The fourth-order valence-electron chi connectivity index (χ4n) is 2.38. The maximum absolute atomic E-state index is 12.6. The molecular weight excluding hydrogens is 374 g/mol. The van der Waals surface area contributed by atoms with Gasteiger partial charge in [0.15, 0.2) is 16.7 Å². The van der Waals surface area contributed by atoms with Gasteiger partial charge in [-0.15, -0.1) is 11.3 Å². The molecule has 0 unspecified atom stereocenters. The van der Waals surface area contributed by atoms with E-state index in [1.54, 1.807) is 46.7 Å². The Morgan fingerprint density at radius 1 is 1.15 bits per heavy atom. The number of amides is 1. The van der Waals surface area contributed by atoms with Crippen LogP contribution in [0.25, 0.3) is 6.08 Å². The van der Waals surface area contributed by atoms with Crippen molar-refractivity contribution >= 4 is 45.4 Å². The number of hydrogen-bond acceptors (Lipinski definition) is 8. The molecule has 1 aromatic carbocycles. The fourth-order valence-corrected chi connectivity index (χ4v) is 3.90. The van der Waals surface area contributed by atoms with Gasteiger partial charge in [0.05, 0.1) is 26.2 Å². The normalized spacial score (nSPS) is 17.2. The monoisotopic (exact) mass is 391 g/mol. The number of benzene rings is 1. The third-order valence-electron chi connectivity index (χ3n) is 3.64. The molecule has 0 atom stereocenters. The van der Waals surface area contributed by atoms with Crippen LogP contribution in [0.5, 0.6) is 17.2 Å². The van der Waals surface area contributed by atoms with Gasteiger partial charge in [0.25, 0.3) is 5.91 Å². The molecule has 0 radical (unpaired) electrons. The summed E-state index contributed by atoms with van der Waals surface area (Å²) in [5, 5.41) is 3.03. The van der Waals surface area contributed by atoms with Gasteiger partial charge >= 0.3 is 0 Å². The maximum atomic E-state index is 12.6. The molecule has 9 heteroatoms. The summed E-state index contributed by atoms with van der Waals surface area (Å²) in [7, 11) is 6.33. The molecule has 26 heavy (non-hydrogen) atoms. The number of aromatic nitrogens is 1. The van der Waals surface area contributed by atoms with Crippen molar-refractivity contribution in [2.75, 3.05) is 28.4 Å². The van der Waals surface area contributed by atoms with Crippen LogP contribution in [-0.4, -0.2) is 49.3 Å². The zero-order chi connectivity index (χ0) is 18.7. The second-order valence-electron chi connectivity index (χ2n) is 5.11. The van der Waals surface area contributed by atoms with E-state index < -0.39 is 0 Å². The van der Waals surface area contributed by atoms with Crippen LogP contribution in [0.3, 0.4) is 0 Å². The number of amidine groups is 1. The van der Waals surface area contributed by atoms with Crippen LogP contribution in [0.4, 0.5) is 5.13 Å². The summed E-state index contributed by atoms with van der Waals surface area (Å²) in [5.41, 5.74) is 0.713. The highest BCUT2D eigenvalue weighted by Crippen LogP contribution is 2.42. The molecule has 136 valence electrons. The van der Waals surface area contributed by atoms with E-state index in [0.29, 0.717) is 38.0 Å². The molecule has 1 fully saturated rings. The van der Waals surface area contributed by atoms with Crippen molar-refractivity contribution in [3.63, 3.8) is 0 Å². The number of hydrogen-bond donors (Lipinski definition) is 0. The number of rotatable bonds is 5. The standard InChI is InChI=1S/C17H17N3O4S2/c1-20-15(21)12(26-17(20)19-16-18-7-8-25-16)9-10-5-6-11(22-2)14(24-4)13(10)23-3/h5-9H,1-4H3/b12-9-,19-17+. The van der Waals surface area contributed by atoms with Gasteiger partial charge in [-0.05, 0) is 30.0 Å². The van der Waals surface area contributed by atoms with Gasteiger partial charge in [0.1, 0.15) is 0 Å². The SMILES string of the molecule is COc1ccc(/C=C2\S/C(=N/c3nccs3)N(C)C2=O)c(OC)c1OC. The highest BCUT2D eigenvalue weighted by atomic mass is 32.2. The number of aliphatic imine (C=N–C) groups is 1. The Hall–Kier alpha value is -2.52. The summed E-state index contributed by atoms with van der Waals surface area (Å²) in [6, 6.07) is 3.59. The first kappa shape index (κ1) is 18.3.